The van der Waals surface area contributed by atoms with E-state index in [2.05, 4.69) is 5.32 Å². The van der Waals surface area contributed by atoms with Crippen LogP contribution in [0, 0.1) is 6.92 Å². The van der Waals surface area contributed by atoms with Crippen molar-refractivity contribution in [3.05, 3.63) is 65.2 Å². The molecule has 90 valence electrons. The summed E-state index contributed by atoms with van der Waals surface area (Å²) < 4.78 is 0. The highest BCUT2D eigenvalue weighted by Crippen LogP contribution is 2.12. The van der Waals surface area contributed by atoms with Gasteiger partial charge in [0.05, 0.1) is 5.56 Å². The number of rotatable bonds is 3. The number of carbonyl (C=O) groups is 2. The van der Waals surface area contributed by atoms with Gasteiger partial charge in [0.2, 0.25) is 0 Å². The molecule has 0 saturated heterocycles. The summed E-state index contributed by atoms with van der Waals surface area (Å²) in [5, 5.41) is 2.76. The van der Waals surface area contributed by atoms with Crippen molar-refractivity contribution in [3.8, 4) is 0 Å². The van der Waals surface area contributed by atoms with Crippen LogP contribution < -0.4 is 5.32 Å². The largest absolute Gasteiger partial charge is 0.322 e. The van der Waals surface area contributed by atoms with Crippen LogP contribution in [0.5, 0.6) is 0 Å². The standard InChI is InChI=1S/C15H13NO2/c1-11-6-8-13(9-7-11)16-15(18)14-5-3-2-4-12(14)10-17/h2-10H,1H3,(H,16,18). The van der Waals surface area contributed by atoms with E-state index < -0.39 is 0 Å². The second-order valence-electron chi connectivity index (χ2n) is 4.03. The van der Waals surface area contributed by atoms with Gasteiger partial charge in [0.15, 0.2) is 6.29 Å². The first-order valence-corrected chi connectivity index (χ1v) is 5.63. The van der Waals surface area contributed by atoms with Crippen LogP contribution in [0.1, 0.15) is 26.3 Å². The topological polar surface area (TPSA) is 46.2 Å². The molecule has 0 unspecified atom stereocenters. The lowest BCUT2D eigenvalue weighted by molar-refractivity contribution is 0.101. The van der Waals surface area contributed by atoms with Gasteiger partial charge in [0, 0.05) is 11.3 Å². The summed E-state index contributed by atoms with van der Waals surface area (Å²) in [7, 11) is 0. The Morgan fingerprint density at radius 1 is 1.06 bits per heavy atom. The van der Waals surface area contributed by atoms with Gasteiger partial charge < -0.3 is 5.32 Å². The lowest BCUT2D eigenvalue weighted by Gasteiger charge is -2.07. The van der Waals surface area contributed by atoms with Gasteiger partial charge in [-0.2, -0.15) is 0 Å². The molecule has 0 radical (unpaired) electrons. The van der Waals surface area contributed by atoms with Crippen molar-refractivity contribution in [2.24, 2.45) is 0 Å². The fraction of sp³-hybridized carbons (Fsp3) is 0.0667. The number of nitrogens with one attached hydrogen (secondary N) is 1. The van der Waals surface area contributed by atoms with E-state index in [1.165, 1.54) is 0 Å². The monoisotopic (exact) mass is 239 g/mol. The molecule has 3 heteroatoms. The second kappa shape index (κ2) is 5.27. The molecule has 2 aromatic rings. The first kappa shape index (κ1) is 12.0. The molecule has 0 atom stereocenters. The zero-order valence-corrected chi connectivity index (χ0v) is 10.0. The fourth-order valence-corrected chi connectivity index (χ4v) is 1.64. The molecule has 18 heavy (non-hydrogen) atoms. The zero-order valence-electron chi connectivity index (χ0n) is 10.0. The van der Waals surface area contributed by atoms with Gasteiger partial charge in [0.1, 0.15) is 0 Å². The number of anilines is 1. The van der Waals surface area contributed by atoms with E-state index in [-0.39, 0.29) is 5.91 Å². The first-order valence-electron chi connectivity index (χ1n) is 5.63. The highest BCUT2D eigenvalue weighted by atomic mass is 16.1. The fourth-order valence-electron chi connectivity index (χ4n) is 1.64. The minimum atomic E-state index is -0.276. The van der Waals surface area contributed by atoms with Crippen molar-refractivity contribution in [1.82, 2.24) is 0 Å². The summed E-state index contributed by atoms with van der Waals surface area (Å²) in [4.78, 5) is 22.9. The average Bonchev–Trinajstić information content (AvgIpc) is 2.41. The van der Waals surface area contributed by atoms with Gasteiger partial charge in [0.25, 0.3) is 5.91 Å². The summed E-state index contributed by atoms with van der Waals surface area (Å²) in [5.74, 6) is -0.276. The molecular formula is C15H13NO2. The lowest BCUT2D eigenvalue weighted by Crippen LogP contribution is -2.13. The molecule has 2 aromatic carbocycles. The Labute approximate surface area is 105 Å². The minimum absolute atomic E-state index is 0.276. The first-order chi connectivity index (χ1) is 8.70. The van der Waals surface area contributed by atoms with E-state index in [0.29, 0.717) is 23.1 Å². The number of hydrogen-bond acceptors (Lipinski definition) is 2. The van der Waals surface area contributed by atoms with Crippen molar-refractivity contribution in [2.45, 2.75) is 6.92 Å². The van der Waals surface area contributed by atoms with Gasteiger partial charge in [-0.3, -0.25) is 9.59 Å². The molecule has 0 spiro atoms. The van der Waals surface area contributed by atoms with E-state index in [1.54, 1.807) is 24.3 Å². The molecule has 0 fully saturated rings. The second-order valence-corrected chi connectivity index (χ2v) is 4.03. The van der Waals surface area contributed by atoms with Crippen LogP contribution in [-0.4, -0.2) is 12.2 Å². The molecule has 3 nitrogen and oxygen atoms in total. The maximum atomic E-state index is 12.0. The van der Waals surface area contributed by atoms with Gasteiger partial charge in [-0.05, 0) is 25.1 Å². The quantitative estimate of drug-likeness (QED) is 0.837. The van der Waals surface area contributed by atoms with Crippen molar-refractivity contribution < 1.29 is 9.59 Å². The molecule has 0 bridgehead atoms. The summed E-state index contributed by atoms with van der Waals surface area (Å²) >= 11 is 0. The van der Waals surface area contributed by atoms with E-state index in [4.69, 9.17) is 0 Å². The average molecular weight is 239 g/mol. The lowest BCUT2D eigenvalue weighted by atomic mass is 10.1. The molecule has 2 rings (SSSR count). The van der Waals surface area contributed by atoms with E-state index in [0.717, 1.165) is 5.56 Å². The predicted octanol–water partition coefficient (Wildman–Crippen LogP) is 3.06. The molecule has 0 aromatic heterocycles. The van der Waals surface area contributed by atoms with Crippen molar-refractivity contribution in [2.75, 3.05) is 5.32 Å². The number of aldehydes is 1. The van der Waals surface area contributed by atoms with E-state index in [1.807, 2.05) is 31.2 Å². The third kappa shape index (κ3) is 2.63. The Hall–Kier alpha value is -2.42. The molecular weight excluding hydrogens is 226 g/mol. The number of carbonyl (C=O) groups excluding carboxylic acids is 2. The van der Waals surface area contributed by atoms with Crippen LogP contribution in [-0.2, 0) is 0 Å². The van der Waals surface area contributed by atoms with Gasteiger partial charge in [-0.15, -0.1) is 0 Å². The molecule has 0 aliphatic heterocycles. The van der Waals surface area contributed by atoms with Gasteiger partial charge >= 0.3 is 0 Å². The zero-order chi connectivity index (χ0) is 13.0. The van der Waals surface area contributed by atoms with E-state index in [9.17, 15) is 9.59 Å². The Morgan fingerprint density at radius 3 is 2.39 bits per heavy atom. The predicted molar refractivity (Wildman–Crippen MR) is 71.0 cm³/mol. The Bertz CT molecular complexity index is 573. The van der Waals surface area contributed by atoms with Crippen molar-refractivity contribution in [3.63, 3.8) is 0 Å². The van der Waals surface area contributed by atoms with Crippen LogP contribution in [0.15, 0.2) is 48.5 Å². The molecule has 1 amide bonds. The Balaban J connectivity index is 2.22. The maximum absolute atomic E-state index is 12.0. The third-order valence-electron chi connectivity index (χ3n) is 2.64. The molecule has 0 aliphatic carbocycles. The molecule has 0 saturated carbocycles. The van der Waals surface area contributed by atoms with Gasteiger partial charge in [-0.25, -0.2) is 0 Å². The van der Waals surface area contributed by atoms with Crippen molar-refractivity contribution in [1.29, 1.82) is 0 Å². The molecule has 0 aliphatic rings. The van der Waals surface area contributed by atoms with Crippen LogP contribution in [0.2, 0.25) is 0 Å². The SMILES string of the molecule is Cc1ccc(NC(=O)c2ccccc2C=O)cc1. The normalized spacial score (nSPS) is 9.83. The number of benzene rings is 2. The maximum Gasteiger partial charge on any atom is 0.256 e. The minimum Gasteiger partial charge on any atom is -0.322 e. The van der Waals surface area contributed by atoms with E-state index >= 15 is 0 Å². The Kier molecular flexibility index (Phi) is 3.53. The molecule has 0 heterocycles. The summed E-state index contributed by atoms with van der Waals surface area (Å²) in [6.07, 6.45) is 0.685. The summed E-state index contributed by atoms with van der Waals surface area (Å²) in [5.41, 5.74) is 2.61. The highest BCUT2D eigenvalue weighted by molar-refractivity contribution is 6.08. The smallest absolute Gasteiger partial charge is 0.256 e. The highest BCUT2D eigenvalue weighted by Gasteiger charge is 2.10. The Morgan fingerprint density at radius 2 is 1.72 bits per heavy atom. The van der Waals surface area contributed by atoms with Crippen LogP contribution in [0.25, 0.3) is 0 Å². The van der Waals surface area contributed by atoms with Crippen LogP contribution >= 0.6 is 0 Å². The summed E-state index contributed by atoms with van der Waals surface area (Å²) in [6.45, 7) is 1.98. The third-order valence-corrected chi connectivity index (χ3v) is 2.64. The van der Waals surface area contributed by atoms with Crippen molar-refractivity contribution >= 4 is 17.9 Å². The summed E-state index contributed by atoms with van der Waals surface area (Å²) in [6, 6.07) is 14.2. The van der Waals surface area contributed by atoms with Crippen LogP contribution in [0.4, 0.5) is 5.69 Å². The number of aryl methyl sites for hydroxylation is 1. The van der Waals surface area contributed by atoms with Gasteiger partial charge in [-0.1, -0.05) is 35.9 Å². The number of hydrogen-bond donors (Lipinski definition) is 1. The molecule has 1 N–H and O–H groups in total. The van der Waals surface area contributed by atoms with Crippen LogP contribution in [0.3, 0.4) is 0 Å². The number of amides is 1.